The molecular formula is C18H18N4O2. The van der Waals surface area contributed by atoms with Crippen molar-refractivity contribution in [2.24, 2.45) is 0 Å². The maximum absolute atomic E-state index is 12.0. The molecule has 0 saturated carbocycles. The number of carbonyl (C=O) groups is 1. The molecule has 0 saturated heterocycles. The zero-order valence-electron chi connectivity index (χ0n) is 13.6. The van der Waals surface area contributed by atoms with Crippen LogP contribution in [-0.4, -0.2) is 27.5 Å². The average molecular weight is 322 g/mol. The lowest BCUT2D eigenvalue weighted by Gasteiger charge is -2.07. The third-order valence-electron chi connectivity index (χ3n) is 3.63. The largest absolute Gasteiger partial charge is 0.465 e. The van der Waals surface area contributed by atoms with E-state index < -0.39 is 0 Å². The van der Waals surface area contributed by atoms with Crippen molar-refractivity contribution in [2.45, 2.75) is 13.8 Å². The molecule has 24 heavy (non-hydrogen) atoms. The van der Waals surface area contributed by atoms with Crippen LogP contribution in [0.2, 0.25) is 0 Å². The molecule has 3 rings (SSSR count). The Labute approximate surface area is 140 Å². The summed E-state index contributed by atoms with van der Waals surface area (Å²) in [6.07, 6.45) is 1.64. The Morgan fingerprint density at radius 1 is 1.12 bits per heavy atom. The first-order valence-electron chi connectivity index (χ1n) is 7.59. The summed E-state index contributed by atoms with van der Waals surface area (Å²) in [7, 11) is 0. The number of amides is 1. The first-order valence-corrected chi connectivity index (χ1v) is 7.59. The Balaban J connectivity index is 1.56. The first kappa shape index (κ1) is 15.7. The molecule has 0 radical (unpaired) electrons. The van der Waals surface area contributed by atoms with Crippen LogP contribution in [0, 0.1) is 13.8 Å². The van der Waals surface area contributed by atoms with Gasteiger partial charge in [0.05, 0.1) is 11.9 Å². The molecule has 1 amide bonds. The number of aryl methyl sites for hydroxylation is 2. The van der Waals surface area contributed by atoms with E-state index in [2.05, 4.69) is 15.6 Å². The molecule has 3 aromatic rings. The standard InChI is InChI=1S/C18H18N4O2/c1-13-8-9-15(10-14(13)2)19-17(23)12-24-18-11-22(21-20-18)16-6-4-3-5-7-16/h3-11H,12H2,1-2H3,(H,19,23). The third-order valence-corrected chi connectivity index (χ3v) is 3.63. The Kier molecular flexibility index (Phi) is 4.56. The van der Waals surface area contributed by atoms with Crippen molar-refractivity contribution in [3.63, 3.8) is 0 Å². The molecule has 1 aromatic heterocycles. The lowest BCUT2D eigenvalue weighted by molar-refractivity contribution is -0.118. The van der Waals surface area contributed by atoms with Crippen molar-refractivity contribution in [1.82, 2.24) is 15.0 Å². The minimum Gasteiger partial charge on any atom is -0.465 e. The van der Waals surface area contributed by atoms with Crippen molar-refractivity contribution in [1.29, 1.82) is 0 Å². The molecule has 0 aliphatic carbocycles. The number of anilines is 1. The summed E-state index contributed by atoms with van der Waals surface area (Å²) in [6, 6.07) is 15.3. The average Bonchev–Trinajstić information content (AvgIpc) is 3.06. The molecule has 0 fully saturated rings. The number of hydrogen-bond acceptors (Lipinski definition) is 4. The molecule has 0 aliphatic heterocycles. The number of nitrogens with one attached hydrogen (secondary N) is 1. The van der Waals surface area contributed by atoms with Crippen LogP contribution in [0.15, 0.2) is 54.7 Å². The predicted octanol–water partition coefficient (Wildman–Crippen LogP) is 2.90. The van der Waals surface area contributed by atoms with Gasteiger partial charge in [0.15, 0.2) is 6.61 Å². The number of nitrogens with zero attached hydrogens (tertiary/aromatic N) is 3. The van der Waals surface area contributed by atoms with E-state index in [9.17, 15) is 4.79 Å². The SMILES string of the molecule is Cc1ccc(NC(=O)COc2cn(-c3ccccc3)nn2)cc1C. The summed E-state index contributed by atoms with van der Waals surface area (Å²) in [6.45, 7) is 3.91. The predicted molar refractivity (Wildman–Crippen MR) is 91.4 cm³/mol. The highest BCUT2D eigenvalue weighted by molar-refractivity contribution is 5.91. The van der Waals surface area contributed by atoms with Crippen LogP contribution in [0.1, 0.15) is 11.1 Å². The Morgan fingerprint density at radius 3 is 2.67 bits per heavy atom. The minimum absolute atomic E-state index is 0.125. The highest BCUT2D eigenvalue weighted by Gasteiger charge is 2.08. The van der Waals surface area contributed by atoms with Gasteiger partial charge in [-0.1, -0.05) is 34.6 Å². The molecule has 0 atom stereocenters. The fraction of sp³-hybridized carbons (Fsp3) is 0.167. The molecule has 0 spiro atoms. The highest BCUT2D eigenvalue weighted by Crippen LogP contribution is 2.14. The minimum atomic E-state index is -0.243. The van der Waals surface area contributed by atoms with Gasteiger partial charge in [-0.2, -0.15) is 0 Å². The van der Waals surface area contributed by atoms with Gasteiger partial charge in [-0.3, -0.25) is 4.79 Å². The third kappa shape index (κ3) is 3.78. The van der Waals surface area contributed by atoms with Crippen LogP contribution in [-0.2, 0) is 4.79 Å². The van der Waals surface area contributed by atoms with E-state index in [0.29, 0.717) is 5.88 Å². The van der Waals surface area contributed by atoms with Gasteiger partial charge >= 0.3 is 0 Å². The Morgan fingerprint density at radius 2 is 1.92 bits per heavy atom. The molecule has 2 aromatic carbocycles. The molecule has 1 N–H and O–H groups in total. The second-order valence-electron chi connectivity index (χ2n) is 5.47. The number of hydrogen-bond donors (Lipinski definition) is 1. The first-order chi connectivity index (χ1) is 11.6. The summed E-state index contributed by atoms with van der Waals surface area (Å²) in [5.74, 6) is 0.0570. The number of rotatable bonds is 5. The Hall–Kier alpha value is -3.15. The number of carbonyl (C=O) groups excluding carboxylic acids is 1. The molecule has 1 heterocycles. The summed E-state index contributed by atoms with van der Waals surface area (Å²) < 4.78 is 6.98. The van der Waals surface area contributed by atoms with E-state index in [-0.39, 0.29) is 12.5 Å². The van der Waals surface area contributed by atoms with E-state index in [1.807, 2.05) is 62.4 Å². The monoisotopic (exact) mass is 322 g/mol. The Bertz CT molecular complexity index is 843. The highest BCUT2D eigenvalue weighted by atomic mass is 16.5. The van der Waals surface area contributed by atoms with Gasteiger partial charge in [0.2, 0.25) is 0 Å². The molecular weight excluding hydrogens is 304 g/mol. The lowest BCUT2D eigenvalue weighted by Crippen LogP contribution is -2.20. The zero-order chi connectivity index (χ0) is 16.9. The van der Waals surface area contributed by atoms with Gasteiger partial charge in [0, 0.05) is 5.69 Å². The second-order valence-corrected chi connectivity index (χ2v) is 5.47. The number of ether oxygens (including phenoxy) is 1. The summed E-state index contributed by atoms with van der Waals surface area (Å²) >= 11 is 0. The van der Waals surface area contributed by atoms with Crippen molar-refractivity contribution in [3.05, 3.63) is 65.9 Å². The van der Waals surface area contributed by atoms with E-state index in [1.165, 1.54) is 5.56 Å². The second kappa shape index (κ2) is 6.95. The van der Waals surface area contributed by atoms with Crippen LogP contribution >= 0.6 is 0 Å². The maximum atomic E-state index is 12.0. The van der Waals surface area contributed by atoms with Gasteiger partial charge in [0.25, 0.3) is 11.8 Å². The van der Waals surface area contributed by atoms with Crippen molar-refractivity contribution in [2.75, 3.05) is 11.9 Å². The molecule has 0 aliphatic rings. The maximum Gasteiger partial charge on any atom is 0.262 e. The number of benzene rings is 2. The molecule has 6 nitrogen and oxygen atoms in total. The van der Waals surface area contributed by atoms with Gasteiger partial charge in [-0.05, 0) is 49.2 Å². The summed E-state index contributed by atoms with van der Waals surface area (Å²) in [5, 5.41) is 10.7. The fourth-order valence-electron chi connectivity index (χ4n) is 2.18. The van der Waals surface area contributed by atoms with Gasteiger partial charge in [-0.25, -0.2) is 4.68 Å². The number of para-hydroxylation sites is 1. The van der Waals surface area contributed by atoms with E-state index in [0.717, 1.165) is 16.9 Å². The number of aromatic nitrogens is 3. The van der Waals surface area contributed by atoms with E-state index in [1.54, 1.807) is 10.9 Å². The van der Waals surface area contributed by atoms with Gasteiger partial charge in [-0.15, -0.1) is 0 Å². The van der Waals surface area contributed by atoms with Crippen LogP contribution in [0.25, 0.3) is 5.69 Å². The topological polar surface area (TPSA) is 69.0 Å². The molecule has 6 heteroatoms. The van der Waals surface area contributed by atoms with Crippen LogP contribution in [0.3, 0.4) is 0 Å². The van der Waals surface area contributed by atoms with E-state index >= 15 is 0 Å². The van der Waals surface area contributed by atoms with E-state index in [4.69, 9.17) is 4.74 Å². The van der Waals surface area contributed by atoms with Crippen LogP contribution < -0.4 is 10.1 Å². The quantitative estimate of drug-likeness (QED) is 0.784. The fourth-order valence-corrected chi connectivity index (χ4v) is 2.18. The van der Waals surface area contributed by atoms with Gasteiger partial charge in [0.1, 0.15) is 0 Å². The van der Waals surface area contributed by atoms with Crippen LogP contribution in [0.4, 0.5) is 5.69 Å². The van der Waals surface area contributed by atoms with Crippen molar-refractivity contribution in [3.8, 4) is 11.6 Å². The van der Waals surface area contributed by atoms with Crippen molar-refractivity contribution >= 4 is 11.6 Å². The van der Waals surface area contributed by atoms with Gasteiger partial charge < -0.3 is 10.1 Å². The molecule has 122 valence electrons. The normalized spacial score (nSPS) is 10.4. The summed E-state index contributed by atoms with van der Waals surface area (Å²) in [4.78, 5) is 12.0. The summed E-state index contributed by atoms with van der Waals surface area (Å²) in [5.41, 5.74) is 3.93. The smallest absolute Gasteiger partial charge is 0.262 e. The van der Waals surface area contributed by atoms with Crippen LogP contribution in [0.5, 0.6) is 5.88 Å². The molecule has 0 bridgehead atoms. The van der Waals surface area contributed by atoms with Crippen molar-refractivity contribution < 1.29 is 9.53 Å². The molecule has 0 unspecified atom stereocenters. The lowest BCUT2D eigenvalue weighted by atomic mass is 10.1. The zero-order valence-corrected chi connectivity index (χ0v) is 13.6.